The van der Waals surface area contributed by atoms with E-state index in [9.17, 15) is 4.79 Å². The summed E-state index contributed by atoms with van der Waals surface area (Å²) in [4.78, 5) is 12.9. The molecular weight excluding hydrogens is 368 g/mol. The normalized spacial score (nSPS) is 16.7. The van der Waals surface area contributed by atoms with Crippen molar-refractivity contribution in [1.82, 2.24) is 10.6 Å². The summed E-state index contributed by atoms with van der Waals surface area (Å²) < 4.78 is 16.2. The van der Waals surface area contributed by atoms with E-state index in [-0.39, 0.29) is 17.5 Å². The summed E-state index contributed by atoms with van der Waals surface area (Å²) in [7, 11) is 3.14. The molecule has 0 spiro atoms. The molecule has 0 aromatic heterocycles. The Morgan fingerprint density at radius 2 is 1.83 bits per heavy atom. The highest BCUT2D eigenvalue weighted by Gasteiger charge is 2.34. The van der Waals surface area contributed by atoms with Gasteiger partial charge < -0.3 is 24.8 Å². The van der Waals surface area contributed by atoms with Crippen LogP contribution in [0.15, 0.2) is 48.5 Å². The molecule has 6 heteroatoms. The summed E-state index contributed by atoms with van der Waals surface area (Å²) in [6.07, 6.45) is 1.67. The van der Waals surface area contributed by atoms with Crippen molar-refractivity contribution in [2.45, 2.75) is 31.3 Å². The van der Waals surface area contributed by atoms with Crippen LogP contribution in [0.5, 0.6) is 11.5 Å². The van der Waals surface area contributed by atoms with Crippen LogP contribution < -0.4 is 20.1 Å². The van der Waals surface area contributed by atoms with Gasteiger partial charge in [0.05, 0.1) is 19.8 Å². The number of carbonyl (C=O) groups excluding carboxylic acids is 1. The fourth-order valence-electron chi connectivity index (χ4n) is 3.75. The number of methoxy groups -OCH3 is 2. The van der Waals surface area contributed by atoms with Gasteiger partial charge in [0.2, 0.25) is 0 Å². The van der Waals surface area contributed by atoms with Gasteiger partial charge in [-0.2, -0.15) is 0 Å². The zero-order valence-electron chi connectivity index (χ0n) is 17.4. The molecule has 0 aliphatic carbocycles. The maximum atomic E-state index is 12.9. The predicted molar refractivity (Wildman–Crippen MR) is 113 cm³/mol. The van der Waals surface area contributed by atoms with Crippen LogP contribution in [0.3, 0.4) is 0 Å². The molecule has 1 amide bonds. The summed E-state index contributed by atoms with van der Waals surface area (Å²) in [5.41, 5.74) is 1.46. The molecular formula is C23H30N2O4. The van der Waals surface area contributed by atoms with Crippen molar-refractivity contribution < 1.29 is 19.0 Å². The Bertz CT molecular complexity index is 804. The predicted octanol–water partition coefficient (Wildman–Crippen LogP) is 3.33. The molecule has 1 fully saturated rings. The second-order valence-electron chi connectivity index (χ2n) is 7.42. The highest BCUT2D eigenvalue weighted by atomic mass is 16.5. The average molecular weight is 399 g/mol. The fourth-order valence-corrected chi connectivity index (χ4v) is 3.75. The Kier molecular flexibility index (Phi) is 7.12. The molecule has 3 rings (SSSR count). The van der Waals surface area contributed by atoms with Crippen molar-refractivity contribution in [2.75, 3.05) is 34.0 Å². The van der Waals surface area contributed by atoms with Gasteiger partial charge in [0.1, 0.15) is 11.5 Å². The number of nitrogens with one attached hydrogen (secondary N) is 2. The van der Waals surface area contributed by atoms with E-state index in [0.29, 0.717) is 36.8 Å². The maximum Gasteiger partial charge on any atom is 0.255 e. The van der Waals surface area contributed by atoms with Crippen LogP contribution in [-0.4, -0.2) is 45.4 Å². The topological polar surface area (TPSA) is 68.8 Å². The van der Waals surface area contributed by atoms with Crippen molar-refractivity contribution in [3.63, 3.8) is 0 Å². The summed E-state index contributed by atoms with van der Waals surface area (Å²) in [6.45, 7) is 4.01. The molecule has 0 bridgehead atoms. The lowest BCUT2D eigenvalue weighted by molar-refractivity contribution is 0.0332. The van der Waals surface area contributed by atoms with Gasteiger partial charge in [0, 0.05) is 31.3 Å². The van der Waals surface area contributed by atoms with Crippen LogP contribution >= 0.6 is 0 Å². The molecule has 1 saturated heterocycles. The second-order valence-corrected chi connectivity index (χ2v) is 7.42. The number of rotatable bonds is 8. The minimum atomic E-state index is -0.227. The van der Waals surface area contributed by atoms with Crippen LogP contribution in [0.4, 0.5) is 0 Å². The van der Waals surface area contributed by atoms with Crippen molar-refractivity contribution in [1.29, 1.82) is 0 Å². The van der Waals surface area contributed by atoms with Gasteiger partial charge in [-0.3, -0.25) is 4.79 Å². The third kappa shape index (κ3) is 5.28. The molecule has 0 saturated carbocycles. The molecule has 0 radical (unpaired) electrons. The minimum absolute atomic E-state index is 0.164. The SMILES string of the molecule is COc1ccc(OC)c(C(=O)NCC2(N[C@@H](C)c3ccccc3)CCOCC2)c1. The van der Waals surface area contributed by atoms with Gasteiger partial charge in [-0.1, -0.05) is 30.3 Å². The van der Waals surface area contributed by atoms with Crippen LogP contribution in [0.1, 0.15) is 41.7 Å². The molecule has 29 heavy (non-hydrogen) atoms. The van der Waals surface area contributed by atoms with Gasteiger partial charge in [-0.05, 0) is 43.5 Å². The van der Waals surface area contributed by atoms with Crippen LogP contribution in [0.25, 0.3) is 0 Å². The third-order valence-electron chi connectivity index (χ3n) is 5.51. The van der Waals surface area contributed by atoms with E-state index in [4.69, 9.17) is 14.2 Å². The maximum absolute atomic E-state index is 12.9. The Morgan fingerprint density at radius 3 is 2.48 bits per heavy atom. The molecule has 2 N–H and O–H groups in total. The van der Waals surface area contributed by atoms with E-state index in [1.54, 1.807) is 32.4 Å². The van der Waals surface area contributed by atoms with E-state index >= 15 is 0 Å². The molecule has 1 atom stereocenters. The van der Waals surface area contributed by atoms with E-state index in [0.717, 1.165) is 12.8 Å². The number of benzene rings is 2. The molecule has 156 valence electrons. The van der Waals surface area contributed by atoms with Crippen LogP contribution in [-0.2, 0) is 4.74 Å². The van der Waals surface area contributed by atoms with E-state index < -0.39 is 0 Å². The first-order chi connectivity index (χ1) is 14.1. The van der Waals surface area contributed by atoms with Gasteiger partial charge in [-0.15, -0.1) is 0 Å². The van der Waals surface area contributed by atoms with Crippen LogP contribution in [0.2, 0.25) is 0 Å². The fraction of sp³-hybridized carbons (Fsp3) is 0.435. The number of ether oxygens (including phenoxy) is 3. The number of hydrogen-bond donors (Lipinski definition) is 2. The smallest absolute Gasteiger partial charge is 0.255 e. The van der Waals surface area contributed by atoms with Crippen molar-refractivity contribution in [3.05, 3.63) is 59.7 Å². The minimum Gasteiger partial charge on any atom is -0.497 e. The Labute approximate surface area is 172 Å². The van der Waals surface area contributed by atoms with Crippen molar-refractivity contribution in [2.24, 2.45) is 0 Å². The summed E-state index contributed by atoms with van der Waals surface area (Å²) >= 11 is 0. The summed E-state index contributed by atoms with van der Waals surface area (Å²) in [5.74, 6) is 0.961. The molecule has 6 nitrogen and oxygen atoms in total. The van der Waals surface area contributed by atoms with E-state index in [1.807, 2.05) is 18.2 Å². The standard InChI is InChI=1S/C23H30N2O4/c1-17(18-7-5-4-6-8-18)25-23(11-13-29-14-12-23)16-24-22(26)20-15-19(27-2)9-10-21(20)28-3/h4-10,15,17,25H,11-14,16H2,1-3H3,(H,24,26)/t17-/m0/s1. The summed E-state index contributed by atoms with van der Waals surface area (Å²) in [6, 6.07) is 15.7. The Balaban J connectivity index is 1.73. The monoisotopic (exact) mass is 398 g/mol. The first-order valence-corrected chi connectivity index (χ1v) is 9.97. The molecule has 1 aliphatic rings. The van der Waals surface area contributed by atoms with Gasteiger partial charge in [0.25, 0.3) is 5.91 Å². The zero-order chi connectivity index (χ0) is 20.7. The highest BCUT2D eigenvalue weighted by molar-refractivity contribution is 5.97. The number of amides is 1. The summed E-state index contributed by atoms with van der Waals surface area (Å²) in [5, 5.41) is 6.86. The van der Waals surface area contributed by atoms with E-state index in [2.05, 4.69) is 29.7 Å². The van der Waals surface area contributed by atoms with Gasteiger partial charge in [-0.25, -0.2) is 0 Å². The third-order valence-corrected chi connectivity index (χ3v) is 5.51. The first kappa shape index (κ1) is 21.1. The molecule has 1 heterocycles. The largest absolute Gasteiger partial charge is 0.497 e. The molecule has 2 aromatic rings. The number of hydrogen-bond acceptors (Lipinski definition) is 5. The van der Waals surface area contributed by atoms with E-state index in [1.165, 1.54) is 5.56 Å². The first-order valence-electron chi connectivity index (χ1n) is 9.97. The Morgan fingerprint density at radius 1 is 1.10 bits per heavy atom. The lowest BCUT2D eigenvalue weighted by Gasteiger charge is -2.40. The van der Waals surface area contributed by atoms with Crippen molar-refractivity contribution in [3.8, 4) is 11.5 Å². The average Bonchev–Trinajstić information content (AvgIpc) is 2.78. The lowest BCUT2D eigenvalue weighted by atomic mass is 9.88. The van der Waals surface area contributed by atoms with Gasteiger partial charge in [0.15, 0.2) is 0 Å². The number of carbonyl (C=O) groups is 1. The zero-order valence-corrected chi connectivity index (χ0v) is 17.4. The van der Waals surface area contributed by atoms with Gasteiger partial charge >= 0.3 is 0 Å². The lowest BCUT2D eigenvalue weighted by Crippen LogP contribution is -2.57. The molecule has 0 unspecified atom stereocenters. The van der Waals surface area contributed by atoms with Crippen molar-refractivity contribution >= 4 is 5.91 Å². The highest BCUT2D eigenvalue weighted by Crippen LogP contribution is 2.27. The second kappa shape index (κ2) is 9.76. The Hall–Kier alpha value is -2.57. The quantitative estimate of drug-likeness (QED) is 0.714. The molecule has 1 aliphatic heterocycles. The van der Waals surface area contributed by atoms with Crippen LogP contribution in [0, 0.1) is 0 Å². The molecule has 2 aromatic carbocycles.